The molecule has 2 aromatic heterocycles. The quantitative estimate of drug-likeness (QED) is 0.766. The molecule has 1 N–H and O–H groups in total. The summed E-state index contributed by atoms with van der Waals surface area (Å²) >= 11 is 0. The average Bonchev–Trinajstić information content (AvgIpc) is 3.01. The lowest BCUT2D eigenvalue weighted by Crippen LogP contribution is -2.33. The molecule has 0 saturated heterocycles. The fourth-order valence-corrected chi connectivity index (χ4v) is 2.63. The summed E-state index contributed by atoms with van der Waals surface area (Å²) < 4.78 is 6.45. The fraction of sp³-hybridized carbons (Fsp3) is 0.333. The summed E-state index contributed by atoms with van der Waals surface area (Å²) in [5.41, 5.74) is 2.64. The van der Waals surface area contributed by atoms with Crippen LogP contribution in [-0.4, -0.2) is 20.6 Å². The van der Waals surface area contributed by atoms with Crippen molar-refractivity contribution in [3.63, 3.8) is 0 Å². The predicted molar refractivity (Wildman–Crippen MR) is 93.2 cm³/mol. The van der Waals surface area contributed by atoms with E-state index in [0.29, 0.717) is 29.9 Å². The van der Waals surface area contributed by atoms with E-state index in [-0.39, 0.29) is 23.7 Å². The first-order chi connectivity index (χ1) is 12.0. The van der Waals surface area contributed by atoms with Gasteiger partial charge in [0.1, 0.15) is 17.8 Å². The average molecular weight is 340 g/mol. The summed E-state index contributed by atoms with van der Waals surface area (Å²) in [6.45, 7) is 5.89. The molecule has 0 saturated carbocycles. The normalized spacial score (nSPS) is 11.0. The van der Waals surface area contributed by atoms with Crippen LogP contribution in [0.1, 0.15) is 29.6 Å². The highest BCUT2D eigenvalue weighted by Gasteiger charge is 2.17. The van der Waals surface area contributed by atoms with Crippen molar-refractivity contribution in [3.05, 3.63) is 57.3 Å². The van der Waals surface area contributed by atoms with Crippen molar-refractivity contribution >= 4 is 17.0 Å². The molecule has 0 atom stereocenters. The van der Waals surface area contributed by atoms with Gasteiger partial charge >= 0.3 is 0 Å². The maximum absolute atomic E-state index is 12.7. The highest BCUT2D eigenvalue weighted by Crippen LogP contribution is 2.13. The molecular formula is C18H20N4O3. The Bertz CT molecular complexity index is 970. The summed E-state index contributed by atoms with van der Waals surface area (Å²) in [6, 6.07) is 7.91. The molecule has 7 nitrogen and oxygen atoms in total. The number of nitrogens with zero attached hydrogens (tertiary/aromatic N) is 3. The van der Waals surface area contributed by atoms with Gasteiger partial charge in [0.2, 0.25) is 5.91 Å². The molecule has 0 aliphatic carbocycles. The Kier molecular flexibility index (Phi) is 4.65. The lowest BCUT2D eigenvalue weighted by Gasteiger charge is -2.10. The molecule has 0 radical (unpaired) electrons. The van der Waals surface area contributed by atoms with E-state index in [1.165, 1.54) is 4.57 Å². The molecule has 0 fully saturated rings. The minimum absolute atomic E-state index is 0.0895. The van der Waals surface area contributed by atoms with Gasteiger partial charge in [0.25, 0.3) is 11.3 Å². The van der Waals surface area contributed by atoms with E-state index < -0.39 is 0 Å². The van der Waals surface area contributed by atoms with Gasteiger partial charge in [0.05, 0.1) is 5.69 Å². The molecule has 0 spiro atoms. The number of hydrogen-bond acceptors (Lipinski definition) is 5. The van der Waals surface area contributed by atoms with Crippen molar-refractivity contribution in [2.45, 2.75) is 40.3 Å². The number of amides is 1. The third-order valence-corrected chi connectivity index (χ3v) is 4.10. The second-order valence-corrected chi connectivity index (χ2v) is 5.98. The fourth-order valence-electron chi connectivity index (χ4n) is 2.63. The Labute approximate surface area is 144 Å². The molecule has 3 aromatic rings. The molecular weight excluding hydrogens is 320 g/mol. The van der Waals surface area contributed by atoms with E-state index in [4.69, 9.17) is 4.52 Å². The first-order valence-corrected chi connectivity index (χ1v) is 8.17. The van der Waals surface area contributed by atoms with Gasteiger partial charge in [-0.2, -0.15) is 4.98 Å². The van der Waals surface area contributed by atoms with Crippen LogP contribution in [0.2, 0.25) is 0 Å². The van der Waals surface area contributed by atoms with E-state index in [1.54, 1.807) is 6.92 Å². The van der Waals surface area contributed by atoms with Crippen LogP contribution in [0.15, 0.2) is 33.6 Å². The van der Waals surface area contributed by atoms with Gasteiger partial charge in [-0.25, -0.2) is 0 Å². The van der Waals surface area contributed by atoms with Crippen LogP contribution in [0, 0.1) is 13.8 Å². The third-order valence-electron chi connectivity index (χ3n) is 4.10. The van der Waals surface area contributed by atoms with Crippen LogP contribution < -0.4 is 10.9 Å². The Morgan fingerprint density at radius 1 is 1.24 bits per heavy atom. The van der Waals surface area contributed by atoms with Crippen molar-refractivity contribution in [2.24, 2.45) is 0 Å². The van der Waals surface area contributed by atoms with Crippen molar-refractivity contribution in [2.75, 3.05) is 0 Å². The van der Waals surface area contributed by atoms with Crippen LogP contribution in [0.5, 0.6) is 0 Å². The van der Waals surface area contributed by atoms with Gasteiger partial charge in [-0.05, 0) is 25.8 Å². The molecule has 25 heavy (non-hydrogen) atoms. The number of rotatable bonds is 5. The van der Waals surface area contributed by atoms with Crippen LogP contribution in [0.3, 0.4) is 0 Å². The number of aryl methyl sites for hydroxylation is 3. The third kappa shape index (κ3) is 3.45. The second-order valence-electron chi connectivity index (χ2n) is 5.98. The van der Waals surface area contributed by atoms with Crippen molar-refractivity contribution in [3.8, 4) is 0 Å². The van der Waals surface area contributed by atoms with E-state index in [0.717, 1.165) is 11.1 Å². The second kappa shape index (κ2) is 6.88. The number of carbonyl (C=O) groups is 1. The molecule has 1 aromatic carbocycles. The summed E-state index contributed by atoms with van der Waals surface area (Å²) in [7, 11) is 0. The van der Waals surface area contributed by atoms with Gasteiger partial charge in [-0.15, -0.1) is 0 Å². The summed E-state index contributed by atoms with van der Waals surface area (Å²) in [5.74, 6) is 0.170. The van der Waals surface area contributed by atoms with E-state index in [1.807, 2.05) is 38.1 Å². The van der Waals surface area contributed by atoms with Crippen LogP contribution >= 0.6 is 0 Å². The van der Waals surface area contributed by atoms with Gasteiger partial charge in [0.15, 0.2) is 0 Å². The van der Waals surface area contributed by atoms with Gasteiger partial charge in [-0.3, -0.25) is 14.2 Å². The molecule has 7 heteroatoms. The number of carbonyl (C=O) groups excluding carboxylic acids is 1. The highest BCUT2D eigenvalue weighted by molar-refractivity contribution is 5.78. The number of aromatic nitrogens is 3. The lowest BCUT2D eigenvalue weighted by molar-refractivity contribution is -0.121. The molecule has 1 amide bonds. The van der Waals surface area contributed by atoms with E-state index >= 15 is 0 Å². The first kappa shape index (κ1) is 16.9. The minimum atomic E-state index is -0.300. The molecule has 2 heterocycles. The Morgan fingerprint density at radius 2 is 1.96 bits per heavy atom. The monoisotopic (exact) mass is 340 g/mol. The van der Waals surface area contributed by atoms with Gasteiger partial charge in [0, 0.05) is 6.54 Å². The Hall–Kier alpha value is -2.96. The van der Waals surface area contributed by atoms with E-state index in [9.17, 15) is 9.59 Å². The molecule has 0 unspecified atom stereocenters. The van der Waals surface area contributed by atoms with Crippen LogP contribution in [-0.2, 0) is 24.3 Å². The SMILES string of the molecule is CCc1noc2nc(C)n(CC(=O)NCc3ccc(C)cc3)c(=O)c12. The zero-order valence-corrected chi connectivity index (χ0v) is 14.5. The van der Waals surface area contributed by atoms with Crippen LogP contribution in [0.25, 0.3) is 11.1 Å². The first-order valence-electron chi connectivity index (χ1n) is 8.17. The standard InChI is InChI=1S/C18H20N4O3/c1-4-14-16-17(25-21-14)20-12(3)22(18(16)24)10-15(23)19-9-13-7-5-11(2)6-8-13/h5-8H,4,9-10H2,1-3H3,(H,19,23). The zero-order chi connectivity index (χ0) is 18.0. The van der Waals surface area contributed by atoms with Crippen molar-refractivity contribution < 1.29 is 9.32 Å². The summed E-state index contributed by atoms with van der Waals surface area (Å²) in [6.07, 6.45) is 0.562. The molecule has 3 rings (SSSR count). The van der Waals surface area contributed by atoms with Crippen molar-refractivity contribution in [1.82, 2.24) is 20.0 Å². The number of nitrogens with one attached hydrogen (secondary N) is 1. The Balaban J connectivity index is 1.78. The summed E-state index contributed by atoms with van der Waals surface area (Å²) in [5, 5.41) is 7.04. The maximum Gasteiger partial charge on any atom is 0.267 e. The topological polar surface area (TPSA) is 90.0 Å². The van der Waals surface area contributed by atoms with Crippen LogP contribution in [0.4, 0.5) is 0 Å². The van der Waals surface area contributed by atoms with Gasteiger partial charge < -0.3 is 9.84 Å². The molecule has 0 bridgehead atoms. The zero-order valence-electron chi connectivity index (χ0n) is 14.5. The summed E-state index contributed by atoms with van der Waals surface area (Å²) in [4.78, 5) is 29.2. The number of benzene rings is 1. The number of hydrogen-bond donors (Lipinski definition) is 1. The largest absolute Gasteiger partial charge is 0.350 e. The lowest BCUT2D eigenvalue weighted by atomic mass is 10.1. The predicted octanol–water partition coefficient (Wildman–Crippen LogP) is 1.88. The van der Waals surface area contributed by atoms with Crippen molar-refractivity contribution in [1.29, 1.82) is 0 Å². The maximum atomic E-state index is 12.7. The smallest absolute Gasteiger partial charge is 0.267 e. The molecule has 130 valence electrons. The number of fused-ring (bicyclic) bond motifs is 1. The molecule has 0 aliphatic heterocycles. The van der Waals surface area contributed by atoms with Gasteiger partial charge in [-0.1, -0.05) is 41.9 Å². The Morgan fingerprint density at radius 3 is 2.64 bits per heavy atom. The molecule has 0 aliphatic rings. The minimum Gasteiger partial charge on any atom is -0.350 e. The van der Waals surface area contributed by atoms with E-state index in [2.05, 4.69) is 15.5 Å². The highest BCUT2D eigenvalue weighted by atomic mass is 16.5.